The van der Waals surface area contributed by atoms with Crippen LogP contribution in [0.1, 0.15) is 37.4 Å². The lowest BCUT2D eigenvalue weighted by atomic mass is 9.92. The lowest BCUT2D eigenvalue weighted by Crippen LogP contribution is -2.27. The molecule has 1 saturated carbocycles. The number of hydrogen-bond donors (Lipinski definition) is 1. The molecule has 0 radical (unpaired) electrons. The van der Waals surface area contributed by atoms with Crippen LogP contribution in [0.5, 0.6) is 0 Å². The van der Waals surface area contributed by atoms with Gasteiger partial charge in [-0.05, 0) is 49.2 Å². The van der Waals surface area contributed by atoms with Crippen LogP contribution >= 0.6 is 0 Å². The highest BCUT2D eigenvalue weighted by atomic mass is 19.1. The van der Waals surface area contributed by atoms with E-state index in [9.17, 15) is 14.8 Å². The van der Waals surface area contributed by atoms with Crippen LogP contribution in [0.25, 0.3) is 28.3 Å². The minimum Gasteiger partial charge on any atom is -0.391 e. The summed E-state index contributed by atoms with van der Waals surface area (Å²) < 4.78 is 17.0. The standard InChI is InChI=1S/C22H19FN6O/c23-15-7-5-14(6-8-15)21-22(28(13-26-21)18-3-1-2-4-19(18)30)17-9-10-20-25-12-16(11-24)29(20)27-17/h5-10,12-13,18-19,30H,1-4H2. The Morgan fingerprint density at radius 1 is 1.07 bits per heavy atom. The molecule has 1 aromatic carbocycles. The van der Waals surface area contributed by atoms with E-state index in [4.69, 9.17) is 0 Å². The van der Waals surface area contributed by atoms with Crippen LogP contribution in [-0.4, -0.2) is 35.4 Å². The molecule has 1 aliphatic carbocycles. The summed E-state index contributed by atoms with van der Waals surface area (Å²) in [5.74, 6) is -0.320. The van der Waals surface area contributed by atoms with E-state index >= 15 is 0 Å². The van der Waals surface area contributed by atoms with E-state index in [-0.39, 0.29) is 11.9 Å². The van der Waals surface area contributed by atoms with Gasteiger partial charge in [-0.25, -0.2) is 18.9 Å². The Morgan fingerprint density at radius 2 is 1.87 bits per heavy atom. The van der Waals surface area contributed by atoms with Gasteiger partial charge in [0.25, 0.3) is 0 Å². The molecule has 30 heavy (non-hydrogen) atoms. The van der Waals surface area contributed by atoms with Crippen molar-refractivity contribution in [2.45, 2.75) is 37.8 Å². The highest BCUT2D eigenvalue weighted by Gasteiger charge is 2.29. The summed E-state index contributed by atoms with van der Waals surface area (Å²) in [5, 5.41) is 24.7. The normalized spacial score (nSPS) is 19.1. The Labute approximate surface area is 172 Å². The van der Waals surface area contributed by atoms with Gasteiger partial charge >= 0.3 is 0 Å². The fourth-order valence-electron chi connectivity index (χ4n) is 4.18. The third kappa shape index (κ3) is 3.04. The summed E-state index contributed by atoms with van der Waals surface area (Å²) in [5.41, 5.74) is 3.64. The van der Waals surface area contributed by atoms with Crippen molar-refractivity contribution in [1.29, 1.82) is 5.26 Å². The van der Waals surface area contributed by atoms with E-state index in [0.717, 1.165) is 36.9 Å². The number of imidazole rings is 2. The number of halogens is 1. The van der Waals surface area contributed by atoms with Crippen molar-refractivity contribution in [2.24, 2.45) is 0 Å². The van der Waals surface area contributed by atoms with Gasteiger partial charge in [0.15, 0.2) is 11.3 Å². The molecular weight excluding hydrogens is 383 g/mol. The Balaban J connectivity index is 1.72. The molecule has 0 aliphatic heterocycles. The van der Waals surface area contributed by atoms with Crippen LogP contribution in [-0.2, 0) is 0 Å². The first kappa shape index (κ1) is 18.5. The number of benzene rings is 1. The second-order valence-corrected chi connectivity index (χ2v) is 7.52. The number of aromatic nitrogens is 5. The van der Waals surface area contributed by atoms with Crippen LogP contribution in [0.15, 0.2) is 48.9 Å². The highest BCUT2D eigenvalue weighted by molar-refractivity contribution is 5.77. The number of aliphatic hydroxyl groups is 1. The summed E-state index contributed by atoms with van der Waals surface area (Å²) >= 11 is 0. The molecule has 0 spiro atoms. The molecule has 2 atom stereocenters. The summed E-state index contributed by atoms with van der Waals surface area (Å²) in [6, 6.07) is 11.8. The summed E-state index contributed by atoms with van der Waals surface area (Å²) in [4.78, 5) is 8.81. The zero-order chi connectivity index (χ0) is 20.7. The molecule has 150 valence electrons. The van der Waals surface area contributed by atoms with E-state index in [1.54, 1.807) is 24.5 Å². The number of hydrogen-bond acceptors (Lipinski definition) is 5. The molecule has 2 unspecified atom stereocenters. The molecule has 7 nitrogen and oxygen atoms in total. The van der Waals surface area contributed by atoms with Crippen LogP contribution in [0.3, 0.4) is 0 Å². The first-order valence-corrected chi connectivity index (χ1v) is 9.92. The molecule has 1 aliphatic rings. The molecule has 0 amide bonds. The summed E-state index contributed by atoms with van der Waals surface area (Å²) in [6.45, 7) is 0. The number of fused-ring (bicyclic) bond motifs is 1. The number of aliphatic hydroxyl groups excluding tert-OH is 1. The van der Waals surface area contributed by atoms with Crippen molar-refractivity contribution in [2.75, 3.05) is 0 Å². The van der Waals surface area contributed by atoms with E-state index < -0.39 is 6.10 Å². The monoisotopic (exact) mass is 402 g/mol. The van der Waals surface area contributed by atoms with Gasteiger partial charge in [-0.15, -0.1) is 0 Å². The maximum atomic E-state index is 13.5. The SMILES string of the molecule is N#Cc1cnc2ccc(-c3c(-c4ccc(F)cc4)ncn3C3CCCCC3O)nn12. The van der Waals surface area contributed by atoms with E-state index in [2.05, 4.69) is 21.1 Å². The Kier molecular flexibility index (Phi) is 4.52. The van der Waals surface area contributed by atoms with Gasteiger partial charge in [-0.3, -0.25) is 0 Å². The Bertz CT molecular complexity index is 1250. The molecule has 0 bridgehead atoms. The van der Waals surface area contributed by atoms with Gasteiger partial charge in [-0.2, -0.15) is 10.4 Å². The number of nitriles is 1. The van der Waals surface area contributed by atoms with Gasteiger partial charge in [0.05, 0.1) is 36.1 Å². The van der Waals surface area contributed by atoms with Gasteiger partial charge in [-0.1, -0.05) is 12.8 Å². The van der Waals surface area contributed by atoms with Gasteiger partial charge in [0, 0.05) is 5.56 Å². The van der Waals surface area contributed by atoms with Gasteiger partial charge < -0.3 is 9.67 Å². The molecule has 5 rings (SSSR count). The van der Waals surface area contributed by atoms with Crippen LogP contribution < -0.4 is 0 Å². The number of rotatable bonds is 3. The average Bonchev–Trinajstić information content (AvgIpc) is 3.38. The van der Waals surface area contributed by atoms with Crippen LogP contribution in [0.2, 0.25) is 0 Å². The number of nitrogens with zero attached hydrogens (tertiary/aromatic N) is 6. The molecule has 1 fully saturated rings. The van der Waals surface area contributed by atoms with Crippen molar-refractivity contribution in [3.05, 3.63) is 60.4 Å². The molecule has 4 aromatic rings. The smallest absolute Gasteiger partial charge is 0.162 e. The first-order valence-electron chi connectivity index (χ1n) is 9.92. The quantitative estimate of drug-likeness (QED) is 0.563. The summed E-state index contributed by atoms with van der Waals surface area (Å²) in [6.07, 6.45) is 6.33. The first-order chi connectivity index (χ1) is 14.7. The predicted octanol–water partition coefficient (Wildman–Crippen LogP) is 3.75. The molecular formula is C22H19FN6O. The van der Waals surface area contributed by atoms with Crippen molar-refractivity contribution in [1.82, 2.24) is 24.1 Å². The molecule has 8 heteroatoms. The minimum absolute atomic E-state index is 0.119. The van der Waals surface area contributed by atoms with Gasteiger partial charge in [0.1, 0.15) is 17.6 Å². The van der Waals surface area contributed by atoms with E-state index in [0.29, 0.717) is 22.7 Å². The average molecular weight is 402 g/mol. The van der Waals surface area contributed by atoms with Crippen molar-refractivity contribution in [3.8, 4) is 28.7 Å². The minimum atomic E-state index is -0.473. The van der Waals surface area contributed by atoms with Crippen molar-refractivity contribution in [3.63, 3.8) is 0 Å². The lowest BCUT2D eigenvalue weighted by Gasteiger charge is -2.30. The zero-order valence-corrected chi connectivity index (χ0v) is 16.1. The van der Waals surface area contributed by atoms with Crippen molar-refractivity contribution < 1.29 is 9.50 Å². The predicted molar refractivity (Wildman–Crippen MR) is 108 cm³/mol. The second kappa shape index (κ2) is 7.35. The van der Waals surface area contributed by atoms with Crippen LogP contribution in [0, 0.1) is 17.1 Å². The van der Waals surface area contributed by atoms with E-state index in [1.807, 2.05) is 10.6 Å². The van der Waals surface area contributed by atoms with Crippen molar-refractivity contribution >= 4 is 5.65 Å². The maximum absolute atomic E-state index is 13.5. The Morgan fingerprint density at radius 3 is 2.63 bits per heavy atom. The Hall–Kier alpha value is -3.57. The van der Waals surface area contributed by atoms with Crippen LogP contribution in [0.4, 0.5) is 4.39 Å². The highest BCUT2D eigenvalue weighted by Crippen LogP contribution is 2.37. The van der Waals surface area contributed by atoms with E-state index in [1.165, 1.54) is 22.8 Å². The third-order valence-corrected chi connectivity index (χ3v) is 5.68. The molecule has 3 heterocycles. The fourth-order valence-corrected chi connectivity index (χ4v) is 4.18. The van der Waals surface area contributed by atoms with Gasteiger partial charge in [0.2, 0.25) is 0 Å². The topological polar surface area (TPSA) is 92.0 Å². The fraction of sp³-hybridized carbons (Fsp3) is 0.273. The third-order valence-electron chi connectivity index (χ3n) is 5.68. The maximum Gasteiger partial charge on any atom is 0.162 e. The largest absolute Gasteiger partial charge is 0.391 e. The lowest BCUT2D eigenvalue weighted by molar-refractivity contribution is 0.0761. The zero-order valence-electron chi connectivity index (χ0n) is 16.1. The molecule has 3 aromatic heterocycles. The summed E-state index contributed by atoms with van der Waals surface area (Å²) in [7, 11) is 0. The molecule has 1 N–H and O–H groups in total. The molecule has 0 saturated heterocycles. The second-order valence-electron chi connectivity index (χ2n) is 7.52.